The molecule has 3 N–H and O–H groups in total. The van der Waals surface area contributed by atoms with Crippen LogP contribution in [0.1, 0.15) is 41.9 Å². The predicted octanol–water partition coefficient (Wildman–Crippen LogP) is 3.75. The molecule has 6 nitrogen and oxygen atoms in total. The van der Waals surface area contributed by atoms with Crippen LogP contribution in [0.2, 0.25) is 5.02 Å². The topological polar surface area (TPSA) is 89.5 Å². The van der Waals surface area contributed by atoms with Crippen LogP contribution in [-0.4, -0.2) is 50.4 Å². The fourth-order valence-corrected chi connectivity index (χ4v) is 3.56. The summed E-state index contributed by atoms with van der Waals surface area (Å²) in [5.41, 5.74) is 2.67. The van der Waals surface area contributed by atoms with Gasteiger partial charge in [0.1, 0.15) is 5.75 Å². The van der Waals surface area contributed by atoms with E-state index in [9.17, 15) is 15.0 Å². The number of aromatic amines is 1. The lowest BCUT2D eigenvalue weighted by Crippen LogP contribution is -2.29. The van der Waals surface area contributed by atoms with Crippen molar-refractivity contribution in [3.8, 4) is 5.75 Å². The number of phenols is 1. The van der Waals surface area contributed by atoms with Crippen molar-refractivity contribution in [2.24, 2.45) is 0 Å². The molecule has 2 heterocycles. The Morgan fingerprint density at radius 1 is 1.32 bits per heavy atom. The van der Waals surface area contributed by atoms with Gasteiger partial charge in [0.2, 0.25) is 0 Å². The summed E-state index contributed by atoms with van der Waals surface area (Å²) in [5.74, 6) is -0.377. The summed E-state index contributed by atoms with van der Waals surface area (Å²) >= 11 is 6.04. The zero-order valence-corrected chi connectivity index (χ0v) is 16.7. The molecular formula is C21H24ClN3O3. The third-order valence-electron chi connectivity index (χ3n) is 4.70. The molecule has 1 fully saturated rings. The van der Waals surface area contributed by atoms with Gasteiger partial charge >= 0.3 is 0 Å². The van der Waals surface area contributed by atoms with Crippen LogP contribution >= 0.6 is 11.6 Å². The monoisotopic (exact) mass is 401 g/mol. The number of fused-ring (bicyclic) bond motifs is 1. The van der Waals surface area contributed by atoms with Crippen LogP contribution in [0.25, 0.3) is 10.9 Å². The number of β-amino-alcohol motifs (C(OH)–C–C–N with tert-alkyl or cyclic N) is 1. The summed E-state index contributed by atoms with van der Waals surface area (Å²) in [5, 5.41) is 28.6. The number of aromatic hydroxyl groups is 1. The first-order chi connectivity index (χ1) is 13.5. The van der Waals surface area contributed by atoms with Gasteiger partial charge in [-0.15, -0.1) is 0 Å². The summed E-state index contributed by atoms with van der Waals surface area (Å²) in [4.78, 5) is 14.3. The Hall–Kier alpha value is -2.57. The maximum absolute atomic E-state index is 12.7. The summed E-state index contributed by atoms with van der Waals surface area (Å²) < 4.78 is 0. The number of phenolic OH excluding ortho intramolecular Hbond substituents is 1. The van der Waals surface area contributed by atoms with E-state index in [1.54, 1.807) is 11.0 Å². The highest BCUT2D eigenvalue weighted by Gasteiger charge is 2.27. The van der Waals surface area contributed by atoms with Crippen LogP contribution in [0.4, 0.5) is 0 Å². The number of aliphatic hydroxyl groups is 1. The van der Waals surface area contributed by atoms with E-state index >= 15 is 0 Å². The number of nitrogens with one attached hydrogen (secondary N) is 1. The van der Waals surface area contributed by atoms with Gasteiger partial charge in [-0.1, -0.05) is 37.6 Å². The van der Waals surface area contributed by atoms with Gasteiger partial charge in [0.15, 0.2) is 0 Å². The number of nitrogens with zero attached hydrogens (tertiary/aromatic N) is 2. The summed E-state index contributed by atoms with van der Waals surface area (Å²) in [6, 6.07) is 10.7. The van der Waals surface area contributed by atoms with E-state index in [2.05, 4.69) is 10.2 Å². The van der Waals surface area contributed by atoms with E-state index in [1.807, 2.05) is 38.1 Å². The molecule has 148 valence electrons. The standard InChI is InChI=1S/C19H18ClN3O3.C2H6/c20-12-3-1-2-11(6-12)7-16-14-8-15(18(25)9-17(14)22-21-16)19(26)23-5-4-13(24)10-23;1-2/h1-3,6,8-9,13,24-25H,4-5,7,10H2,(H,21,22);1-2H3. The molecule has 0 radical (unpaired) electrons. The second kappa shape index (κ2) is 8.63. The number of likely N-dealkylation sites (tertiary alicyclic amines) is 1. The van der Waals surface area contributed by atoms with Crippen molar-refractivity contribution in [1.29, 1.82) is 0 Å². The quantitative estimate of drug-likeness (QED) is 0.623. The Kier molecular flexibility index (Phi) is 6.21. The highest BCUT2D eigenvalue weighted by Crippen LogP contribution is 2.29. The van der Waals surface area contributed by atoms with Crippen molar-refractivity contribution in [3.05, 3.63) is 58.2 Å². The number of hydrogen-bond acceptors (Lipinski definition) is 4. The highest BCUT2D eigenvalue weighted by molar-refractivity contribution is 6.30. The highest BCUT2D eigenvalue weighted by atomic mass is 35.5. The molecule has 1 saturated heterocycles. The van der Waals surface area contributed by atoms with Crippen LogP contribution in [-0.2, 0) is 6.42 Å². The van der Waals surface area contributed by atoms with Crippen LogP contribution in [0.5, 0.6) is 5.75 Å². The van der Waals surface area contributed by atoms with E-state index < -0.39 is 6.10 Å². The smallest absolute Gasteiger partial charge is 0.257 e. The first kappa shape index (κ1) is 20.2. The van der Waals surface area contributed by atoms with Gasteiger partial charge in [-0.3, -0.25) is 9.89 Å². The van der Waals surface area contributed by atoms with Crippen LogP contribution < -0.4 is 0 Å². The number of aromatic nitrogens is 2. The number of H-pyrrole nitrogens is 1. The largest absolute Gasteiger partial charge is 0.507 e. The molecule has 1 unspecified atom stereocenters. The Morgan fingerprint density at radius 3 is 2.79 bits per heavy atom. The Labute approximate surface area is 168 Å². The van der Waals surface area contributed by atoms with E-state index in [4.69, 9.17) is 11.6 Å². The van der Waals surface area contributed by atoms with Gasteiger partial charge in [-0.25, -0.2) is 0 Å². The van der Waals surface area contributed by atoms with Crippen LogP contribution in [0, 0.1) is 0 Å². The fourth-order valence-electron chi connectivity index (χ4n) is 3.35. The zero-order valence-electron chi connectivity index (χ0n) is 15.9. The lowest BCUT2D eigenvalue weighted by molar-refractivity contribution is 0.0762. The summed E-state index contributed by atoms with van der Waals surface area (Å²) in [6.45, 7) is 4.77. The number of amides is 1. The zero-order chi connectivity index (χ0) is 20.3. The average molecular weight is 402 g/mol. The summed E-state index contributed by atoms with van der Waals surface area (Å²) in [6.07, 6.45) is 0.610. The lowest BCUT2D eigenvalue weighted by Gasteiger charge is -2.16. The Bertz CT molecular complexity index is 986. The van der Waals surface area contributed by atoms with E-state index in [0.717, 1.165) is 16.6 Å². The normalized spacial score (nSPS) is 16.1. The Balaban J connectivity index is 0.00000109. The third-order valence-corrected chi connectivity index (χ3v) is 4.93. The molecule has 2 aromatic carbocycles. The first-order valence-corrected chi connectivity index (χ1v) is 9.81. The number of hydrogen-bond donors (Lipinski definition) is 3. The average Bonchev–Trinajstić information content (AvgIpc) is 3.28. The maximum Gasteiger partial charge on any atom is 0.257 e. The maximum atomic E-state index is 12.7. The van der Waals surface area contributed by atoms with Crippen molar-refractivity contribution < 1.29 is 15.0 Å². The van der Waals surface area contributed by atoms with Crippen molar-refractivity contribution in [2.45, 2.75) is 32.8 Å². The molecule has 1 aliphatic heterocycles. The van der Waals surface area contributed by atoms with Crippen molar-refractivity contribution >= 4 is 28.4 Å². The number of carbonyl (C=O) groups excluding carboxylic acids is 1. The molecule has 1 aromatic heterocycles. The third kappa shape index (κ3) is 4.13. The van der Waals surface area contributed by atoms with Gasteiger partial charge in [0.25, 0.3) is 5.91 Å². The molecule has 1 aliphatic rings. The predicted molar refractivity (Wildman–Crippen MR) is 110 cm³/mol. The Morgan fingerprint density at radius 2 is 2.11 bits per heavy atom. The second-order valence-corrected chi connectivity index (χ2v) is 7.02. The van der Waals surface area contributed by atoms with Gasteiger partial charge < -0.3 is 15.1 Å². The molecule has 1 atom stereocenters. The number of halogens is 1. The first-order valence-electron chi connectivity index (χ1n) is 9.43. The SMILES string of the molecule is CC.O=C(c1cc2c(Cc3cccc(Cl)c3)n[nH]c2cc1O)N1CCC(O)C1. The molecule has 4 rings (SSSR count). The minimum Gasteiger partial charge on any atom is -0.507 e. The lowest BCUT2D eigenvalue weighted by atomic mass is 10.0. The van der Waals surface area contributed by atoms with Gasteiger partial charge in [-0.05, 0) is 30.2 Å². The van der Waals surface area contributed by atoms with E-state index in [-0.39, 0.29) is 23.8 Å². The number of aliphatic hydroxyl groups excluding tert-OH is 1. The molecular weight excluding hydrogens is 378 g/mol. The minimum atomic E-state index is -0.503. The molecule has 1 amide bonds. The van der Waals surface area contributed by atoms with Gasteiger partial charge in [0.05, 0.1) is 22.9 Å². The van der Waals surface area contributed by atoms with Crippen LogP contribution in [0.3, 0.4) is 0 Å². The number of carbonyl (C=O) groups is 1. The molecule has 3 aromatic rings. The number of benzene rings is 2. The minimum absolute atomic E-state index is 0.0955. The second-order valence-electron chi connectivity index (χ2n) is 6.59. The van der Waals surface area contributed by atoms with Gasteiger partial charge in [-0.2, -0.15) is 5.10 Å². The molecule has 7 heteroatoms. The van der Waals surface area contributed by atoms with E-state index in [1.165, 1.54) is 6.07 Å². The van der Waals surface area contributed by atoms with Crippen molar-refractivity contribution in [1.82, 2.24) is 15.1 Å². The van der Waals surface area contributed by atoms with Crippen molar-refractivity contribution in [2.75, 3.05) is 13.1 Å². The van der Waals surface area contributed by atoms with E-state index in [0.29, 0.717) is 29.9 Å². The summed E-state index contributed by atoms with van der Waals surface area (Å²) in [7, 11) is 0. The molecule has 28 heavy (non-hydrogen) atoms. The number of rotatable bonds is 3. The fraction of sp³-hybridized carbons (Fsp3) is 0.333. The molecule has 0 aliphatic carbocycles. The molecule has 0 saturated carbocycles. The molecule has 0 spiro atoms. The van der Waals surface area contributed by atoms with Gasteiger partial charge in [0, 0.05) is 36.0 Å². The van der Waals surface area contributed by atoms with Crippen LogP contribution in [0.15, 0.2) is 36.4 Å². The van der Waals surface area contributed by atoms with Crippen molar-refractivity contribution in [3.63, 3.8) is 0 Å². The molecule has 0 bridgehead atoms.